The quantitative estimate of drug-likeness (QED) is 0.848. The van der Waals surface area contributed by atoms with E-state index < -0.39 is 0 Å². The molecule has 2 aromatic rings. The number of methoxy groups -OCH3 is 2. The van der Waals surface area contributed by atoms with E-state index in [1.165, 1.54) is 0 Å². The van der Waals surface area contributed by atoms with Gasteiger partial charge in [-0.25, -0.2) is 0 Å². The van der Waals surface area contributed by atoms with Crippen molar-refractivity contribution in [3.63, 3.8) is 0 Å². The highest BCUT2D eigenvalue weighted by atomic mass is 16.5. The molecule has 1 N–H and O–H groups in total. The average Bonchev–Trinajstić information content (AvgIpc) is 2.54. The second-order valence-electron chi connectivity index (χ2n) is 4.49. The van der Waals surface area contributed by atoms with Crippen LogP contribution >= 0.6 is 0 Å². The van der Waals surface area contributed by atoms with Crippen LogP contribution in [0.25, 0.3) is 0 Å². The number of aliphatic hydroxyl groups excluding tert-OH is 1. The summed E-state index contributed by atoms with van der Waals surface area (Å²) < 4.78 is 16.6. The highest BCUT2D eigenvalue weighted by Gasteiger charge is 2.14. The van der Waals surface area contributed by atoms with Gasteiger partial charge in [-0.15, -0.1) is 0 Å². The van der Waals surface area contributed by atoms with Crippen molar-refractivity contribution in [1.29, 1.82) is 0 Å². The van der Waals surface area contributed by atoms with E-state index in [1.807, 2.05) is 42.5 Å². The van der Waals surface area contributed by atoms with Crippen LogP contribution in [0.3, 0.4) is 0 Å². The van der Waals surface area contributed by atoms with E-state index >= 15 is 0 Å². The van der Waals surface area contributed by atoms with Crippen LogP contribution in [0.2, 0.25) is 0 Å². The van der Waals surface area contributed by atoms with Crippen molar-refractivity contribution in [2.75, 3.05) is 14.2 Å². The minimum Gasteiger partial charge on any atom is -0.493 e. The molecule has 1 radical (unpaired) electrons. The molecule has 0 aliphatic heterocycles. The van der Waals surface area contributed by atoms with Gasteiger partial charge in [-0.1, -0.05) is 30.3 Å². The van der Waals surface area contributed by atoms with Gasteiger partial charge in [0.1, 0.15) is 6.61 Å². The molecule has 2 aromatic carbocycles. The Bertz CT molecular complexity index is 541. The van der Waals surface area contributed by atoms with Crippen molar-refractivity contribution in [1.82, 2.24) is 0 Å². The highest BCUT2D eigenvalue weighted by molar-refractivity contribution is 5.54. The van der Waals surface area contributed by atoms with Gasteiger partial charge in [0.05, 0.1) is 20.8 Å². The molecule has 0 unspecified atom stereocenters. The van der Waals surface area contributed by atoms with Crippen molar-refractivity contribution in [2.45, 2.75) is 13.0 Å². The predicted molar refractivity (Wildman–Crippen MR) is 80.3 cm³/mol. The first-order valence-electron chi connectivity index (χ1n) is 6.66. The lowest BCUT2D eigenvalue weighted by Gasteiger charge is -2.16. The summed E-state index contributed by atoms with van der Waals surface area (Å²) in [5.41, 5.74) is 1.95. The second-order valence-corrected chi connectivity index (χ2v) is 4.49. The molecule has 0 saturated carbocycles. The number of rotatable bonds is 7. The zero-order valence-corrected chi connectivity index (χ0v) is 12.2. The summed E-state index contributed by atoms with van der Waals surface area (Å²) in [5.74, 6) is 1.73. The van der Waals surface area contributed by atoms with E-state index in [0.717, 1.165) is 17.7 Å². The monoisotopic (exact) mass is 287 g/mol. The largest absolute Gasteiger partial charge is 0.493 e. The molecular weight excluding hydrogens is 268 g/mol. The van der Waals surface area contributed by atoms with E-state index in [4.69, 9.17) is 19.3 Å². The van der Waals surface area contributed by atoms with Crippen LogP contribution in [-0.2, 0) is 13.0 Å². The molecule has 2 rings (SSSR count). The Morgan fingerprint density at radius 2 is 1.57 bits per heavy atom. The minimum atomic E-state index is 0.422. The lowest BCUT2D eigenvalue weighted by Crippen LogP contribution is -2.01. The van der Waals surface area contributed by atoms with Crippen LogP contribution in [-0.4, -0.2) is 19.3 Å². The van der Waals surface area contributed by atoms with Gasteiger partial charge >= 0.3 is 0 Å². The van der Waals surface area contributed by atoms with Gasteiger partial charge in [-0.3, -0.25) is 0 Å². The minimum absolute atomic E-state index is 0.422. The Morgan fingerprint density at radius 3 is 2.10 bits per heavy atom. The first kappa shape index (κ1) is 15.2. The lowest BCUT2D eigenvalue weighted by molar-refractivity contribution is 0.265. The smallest absolute Gasteiger partial charge is 0.203 e. The maximum absolute atomic E-state index is 8.93. The van der Waals surface area contributed by atoms with E-state index in [0.29, 0.717) is 30.3 Å². The maximum atomic E-state index is 8.93. The maximum Gasteiger partial charge on any atom is 0.203 e. The standard InChI is InChI=1S/C17H19O4/c1-19-15-10-14(8-9-18)11-16(20-2)17(15)21-12-13-6-4-3-5-7-13/h3-7,9-11,18H,8,12H2,1-2H3. The van der Waals surface area contributed by atoms with Gasteiger partial charge in [0, 0.05) is 6.42 Å². The molecular formula is C17H19O4. The number of hydrogen-bond acceptors (Lipinski definition) is 4. The van der Waals surface area contributed by atoms with Crippen LogP contribution in [0, 0.1) is 6.61 Å². The fourth-order valence-electron chi connectivity index (χ4n) is 2.03. The fraction of sp³-hybridized carbons (Fsp3) is 0.235. The molecule has 0 amide bonds. The van der Waals surface area contributed by atoms with Gasteiger partial charge in [0.25, 0.3) is 0 Å². The first-order chi connectivity index (χ1) is 10.3. The molecule has 0 spiro atoms. The second kappa shape index (κ2) is 7.55. The van der Waals surface area contributed by atoms with E-state index in [9.17, 15) is 0 Å². The highest BCUT2D eigenvalue weighted by Crippen LogP contribution is 2.39. The Kier molecular flexibility index (Phi) is 5.46. The summed E-state index contributed by atoms with van der Waals surface area (Å²) in [4.78, 5) is 0. The molecule has 4 nitrogen and oxygen atoms in total. The van der Waals surface area contributed by atoms with Gasteiger partial charge in [0.15, 0.2) is 11.5 Å². The van der Waals surface area contributed by atoms with Crippen LogP contribution in [0.5, 0.6) is 17.2 Å². The molecule has 21 heavy (non-hydrogen) atoms. The third-order valence-electron chi connectivity index (χ3n) is 3.07. The molecule has 0 aliphatic carbocycles. The first-order valence-corrected chi connectivity index (χ1v) is 6.66. The fourth-order valence-corrected chi connectivity index (χ4v) is 2.03. The van der Waals surface area contributed by atoms with Gasteiger partial charge in [-0.05, 0) is 23.3 Å². The third-order valence-corrected chi connectivity index (χ3v) is 3.07. The molecule has 0 heterocycles. The third kappa shape index (κ3) is 3.89. The average molecular weight is 287 g/mol. The van der Waals surface area contributed by atoms with E-state index in [2.05, 4.69) is 0 Å². The van der Waals surface area contributed by atoms with Crippen molar-refractivity contribution in [3.8, 4) is 17.2 Å². The normalized spacial score (nSPS) is 10.2. The summed E-state index contributed by atoms with van der Waals surface area (Å²) >= 11 is 0. The Balaban J connectivity index is 2.24. The Hall–Kier alpha value is -2.20. The Labute approximate surface area is 124 Å². The zero-order valence-electron chi connectivity index (χ0n) is 12.2. The summed E-state index contributed by atoms with van der Waals surface area (Å²) in [6.45, 7) is 1.53. The SMILES string of the molecule is COc1cc(C[CH]O)cc(OC)c1OCc1ccccc1. The molecule has 0 aliphatic rings. The molecule has 4 heteroatoms. The number of hydrogen-bond donors (Lipinski definition) is 1. The zero-order chi connectivity index (χ0) is 15.1. The van der Waals surface area contributed by atoms with Crippen LogP contribution in [0.4, 0.5) is 0 Å². The summed E-state index contributed by atoms with van der Waals surface area (Å²) in [7, 11) is 3.16. The van der Waals surface area contributed by atoms with Crippen molar-refractivity contribution >= 4 is 0 Å². The molecule has 0 atom stereocenters. The van der Waals surface area contributed by atoms with Crippen molar-refractivity contribution < 1.29 is 19.3 Å². The molecule has 0 bridgehead atoms. The Morgan fingerprint density at radius 1 is 0.952 bits per heavy atom. The van der Waals surface area contributed by atoms with Crippen molar-refractivity contribution in [3.05, 3.63) is 60.2 Å². The molecule has 111 valence electrons. The molecule has 0 aromatic heterocycles. The van der Waals surface area contributed by atoms with E-state index in [1.54, 1.807) is 14.2 Å². The van der Waals surface area contributed by atoms with Gasteiger partial charge in [0.2, 0.25) is 5.75 Å². The summed E-state index contributed by atoms with van der Waals surface area (Å²) in [6, 6.07) is 13.5. The van der Waals surface area contributed by atoms with Gasteiger partial charge < -0.3 is 19.3 Å². The van der Waals surface area contributed by atoms with Crippen LogP contribution < -0.4 is 14.2 Å². The van der Waals surface area contributed by atoms with Crippen LogP contribution in [0.1, 0.15) is 11.1 Å². The van der Waals surface area contributed by atoms with Crippen molar-refractivity contribution in [2.24, 2.45) is 0 Å². The molecule has 0 saturated heterocycles. The van der Waals surface area contributed by atoms with E-state index in [-0.39, 0.29) is 0 Å². The molecule has 0 fully saturated rings. The predicted octanol–water partition coefficient (Wildman–Crippen LogP) is 3.36. The number of benzene rings is 2. The van der Waals surface area contributed by atoms with Crippen LogP contribution in [0.15, 0.2) is 42.5 Å². The summed E-state index contributed by atoms with van der Waals surface area (Å²) in [6.07, 6.45) is 0.422. The topological polar surface area (TPSA) is 47.9 Å². The lowest BCUT2D eigenvalue weighted by atomic mass is 10.1. The number of ether oxygens (including phenoxy) is 3. The number of aliphatic hydroxyl groups is 1. The summed E-state index contributed by atoms with van der Waals surface area (Å²) in [5, 5.41) is 8.93. The van der Waals surface area contributed by atoms with Gasteiger partial charge in [-0.2, -0.15) is 0 Å².